The van der Waals surface area contributed by atoms with Crippen molar-refractivity contribution < 1.29 is 18.2 Å². The van der Waals surface area contributed by atoms with Crippen molar-refractivity contribution in [2.45, 2.75) is 55.2 Å². The van der Waals surface area contributed by atoms with E-state index in [1.165, 1.54) is 45.2 Å². The molecule has 3 heterocycles. The summed E-state index contributed by atoms with van der Waals surface area (Å²) in [5.41, 5.74) is 0. The molecule has 1 aromatic carbocycles. The minimum absolute atomic E-state index is 0.217. The van der Waals surface area contributed by atoms with Crippen LogP contribution in [0.4, 0.5) is 0 Å². The van der Waals surface area contributed by atoms with Crippen molar-refractivity contribution in [2.75, 3.05) is 46.4 Å². The number of nitrogens with one attached hydrogen (secondary N) is 1. The van der Waals surface area contributed by atoms with Gasteiger partial charge in [0.25, 0.3) is 5.91 Å². The fraction of sp³-hybridized carbons (Fsp3) is 0.577. The van der Waals surface area contributed by atoms with E-state index in [0.717, 1.165) is 37.8 Å². The van der Waals surface area contributed by atoms with E-state index in [9.17, 15) is 9.00 Å². The van der Waals surface area contributed by atoms with Gasteiger partial charge in [-0.1, -0.05) is 6.42 Å². The van der Waals surface area contributed by atoms with E-state index in [1.54, 1.807) is 43.5 Å². The summed E-state index contributed by atoms with van der Waals surface area (Å²) in [5.74, 6) is 1.54. The maximum atomic E-state index is 12.6. The van der Waals surface area contributed by atoms with Gasteiger partial charge in [-0.3, -0.25) is 9.00 Å². The highest BCUT2D eigenvalue weighted by atomic mass is 32.2. The molecule has 1 amide bonds. The summed E-state index contributed by atoms with van der Waals surface area (Å²) in [6, 6.07) is 11.3. The van der Waals surface area contributed by atoms with E-state index in [1.807, 2.05) is 0 Å². The fourth-order valence-corrected chi connectivity index (χ4v) is 5.92. The van der Waals surface area contributed by atoms with Crippen LogP contribution in [0.1, 0.15) is 54.8 Å². The van der Waals surface area contributed by atoms with E-state index in [0.29, 0.717) is 17.2 Å². The van der Waals surface area contributed by atoms with Crippen molar-refractivity contribution in [3.8, 4) is 5.75 Å². The van der Waals surface area contributed by atoms with E-state index in [2.05, 4.69) is 15.1 Å². The number of amides is 1. The quantitative estimate of drug-likeness (QED) is 0.516. The number of hydrogen-bond donors (Lipinski definition) is 1. The Bertz CT molecular complexity index is 932. The monoisotopic (exact) mass is 487 g/mol. The fourth-order valence-electron chi connectivity index (χ4n) is 4.90. The van der Waals surface area contributed by atoms with Gasteiger partial charge in [0.1, 0.15) is 11.5 Å². The zero-order valence-corrected chi connectivity index (χ0v) is 21.0. The maximum Gasteiger partial charge on any atom is 0.286 e. The Morgan fingerprint density at radius 1 is 1.06 bits per heavy atom. The Morgan fingerprint density at radius 2 is 1.79 bits per heavy atom. The molecule has 1 N–H and O–H groups in total. The molecule has 0 radical (unpaired) electrons. The van der Waals surface area contributed by atoms with Crippen LogP contribution < -0.4 is 10.1 Å². The van der Waals surface area contributed by atoms with Crippen molar-refractivity contribution in [3.05, 3.63) is 47.9 Å². The zero-order valence-electron chi connectivity index (χ0n) is 20.2. The topological polar surface area (TPSA) is 75.0 Å². The molecule has 1 atom stereocenters. The number of carbonyl (C=O) groups is 1. The lowest BCUT2D eigenvalue weighted by molar-refractivity contribution is 0.0891. The van der Waals surface area contributed by atoms with Crippen LogP contribution >= 0.6 is 0 Å². The lowest BCUT2D eigenvalue weighted by Gasteiger charge is -2.40. The standard InChI is InChI=1S/C26H37N3O4S/c1-32-22-6-9-24(10-7-22)34(31)20-23-8-11-25(33-23)26(30)27-14-5-15-28-18-12-21(13-19-28)29-16-3-2-4-17-29/h6-11,21H,2-5,12-20H2,1H3,(H,27,30)/t34-/m0/s1. The summed E-state index contributed by atoms with van der Waals surface area (Å²) in [4.78, 5) is 18.4. The highest BCUT2D eigenvalue weighted by molar-refractivity contribution is 7.84. The second-order valence-corrected chi connectivity index (χ2v) is 10.7. The van der Waals surface area contributed by atoms with Crippen molar-refractivity contribution >= 4 is 16.7 Å². The van der Waals surface area contributed by atoms with Gasteiger partial charge in [0.05, 0.1) is 23.7 Å². The molecule has 2 aliphatic rings. The molecule has 0 spiro atoms. The van der Waals surface area contributed by atoms with Crippen molar-refractivity contribution in [1.82, 2.24) is 15.1 Å². The van der Waals surface area contributed by atoms with E-state index in [-0.39, 0.29) is 17.4 Å². The molecule has 7 nitrogen and oxygen atoms in total. The van der Waals surface area contributed by atoms with Gasteiger partial charge in [0.2, 0.25) is 0 Å². The van der Waals surface area contributed by atoms with Crippen molar-refractivity contribution in [3.63, 3.8) is 0 Å². The van der Waals surface area contributed by atoms with Gasteiger partial charge < -0.3 is 24.3 Å². The highest BCUT2D eigenvalue weighted by Crippen LogP contribution is 2.21. The number of benzene rings is 1. The van der Waals surface area contributed by atoms with Crippen LogP contribution in [0.3, 0.4) is 0 Å². The highest BCUT2D eigenvalue weighted by Gasteiger charge is 2.25. The Labute approximate surface area is 205 Å². The molecular weight excluding hydrogens is 450 g/mol. The molecule has 2 saturated heterocycles. The number of methoxy groups -OCH3 is 1. The van der Waals surface area contributed by atoms with Crippen LogP contribution in [0.5, 0.6) is 5.75 Å². The number of rotatable bonds is 10. The molecule has 0 bridgehead atoms. The van der Waals surface area contributed by atoms with Gasteiger partial charge in [-0.15, -0.1) is 0 Å². The van der Waals surface area contributed by atoms with E-state index >= 15 is 0 Å². The van der Waals surface area contributed by atoms with Gasteiger partial charge in [-0.25, -0.2) is 0 Å². The van der Waals surface area contributed by atoms with Crippen LogP contribution in [-0.4, -0.2) is 72.3 Å². The number of ether oxygens (including phenoxy) is 1. The number of piperidine rings is 2. The van der Waals surface area contributed by atoms with Crippen LogP contribution in [0, 0.1) is 0 Å². The van der Waals surface area contributed by atoms with Crippen LogP contribution in [-0.2, 0) is 16.6 Å². The first-order chi connectivity index (χ1) is 16.6. The summed E-state index contributed by atoms with van der Waals surface area (Å²) in [5, 5.41) is 2.95. The van der Waals surface area contributed by atoms with Gasteiger partial charge in [0, 0.05) is 17.5 Å². The third-order valence-corrected chi connectivity index (χ3v) is 8.23. The Kier molecular flexibility index (Phi) is 9.18. The van der Waals surface area contributed by atoms with Crippen LogP contribution in [0.2, 0.25) is 0 Å². The average molecular weight is 488 g/mol. The first-order valence-corrected chi connectivity index (χ1v) is 13.8. The average Bonchev–Trinajstić information content (AvgIpc) is 3.36. The number of furan rings is 1. The first kappa shape index (κ1) is 24.9. The third-order valence-electron chi connectivity index (χ3n) is 6.88. The third kappa shape index (κ3) is 6.93. The number of likely N-dealkylation sites (tertiary alicyclic amines) is 2. The zero-order chi connectivity index (χ0) is 23.8. The van der Waals surface area contributed by atoms with Crippen molar-refractivity contribution in [1.29, 1.82) is 0 Å². The minimum Gasteiger partial charge on any atom is -0.497 e. The molecule has 0 unspecified atom stereocenters. The van der Waals surface area contributed by atoms with E-state index in [4.69, 9.17) is 9.15 Å². The Hall–Kier alpha value is -2.16. The SMILES string of the molecule is COc1ccc([S@@](=O)Cc2ccc(C(=O)NCCCN3CCC(N4CCCCC4)CC3)o2)cc1. The van der Waals surface area contributed by atoms with Crippen LogP contribution in [0.25, 0.3) is 0 Å². The maximum absolute atomic E-state index is 12.6. The van der Waals surface area contributed by atoms with Crippen molar-refractivity contribution in [2.24, 2.45) is 0 Å². The normalized spacial score (nSPS) is 19.1. The Morgan fingerprint density at radius 3 is 2.50 bits per heavy atom. The largest absolute Gasteiger partial charge is 0.497 e. The number of carbonyl (C=O) groups excluding carboxylic acids is 1. The van der Waals surface area contributed by atoms with Gasteiger partial charge in [-0.05, 0) is 101 Å². The summed E-state index contributed by atoms with van der Waals surface area (Å²) in [6.45, 7) is 6.51. The van der Waals surface area contributed by atoms with Gasteiger partial charge in [-0.2, -0.15) is 0 Å². The van der Waals surface area contributed by atoms with Gasteiger partial charge >= 0.3 is 0 Å². The predicted molar refractivity (Wildman–Crippen MR) is 134 cm³/mol. The minimum atomic E-state index is -1.25. The lowest BCUT2D eigenvalue weighted by atomic mass is 10.00. The summed E-state index contributed by atoms with van der Waals surface area (Å²) >= 11 is 0. The molecule has 2 aromatic rings. The predicted octanol–water partition coefficient (Wildman–Crippen LogP) is 3.67. The number of hydrogen-bond acceptors (Lipinski definition) is 6. The van der Waals surface area contributed by atoms with Gasteiger partial charge in [0.15, 0.2) is 5.76 Å². The summed E-state index contributed by atoms with van der Waals surface area (Å²) in [6.07, 6.45) is 7.56. The molecule has 34 heavy (non-hydrogen) atoms. The second-order valence-electron chi connectivity index (χ2n) is 9.21. The molecule has 2 aliphatic heterocycles. The lowest BCUT2D eigenvalue weighted by Crippen LogP contribution is -2.47. The molecule has 186 valence electrons. The molecular formula is C26H37N3O4S. The second kappa shape index (κ2) is 12.5. The Balaban J connectivity index is 1.13. The molecule has 2 fully saturated rings. The number of nitrogens with zero attached hydrogens (tertiary/aromatic N) is 2. The molecule has 4 rings (SSSR count). The molecule has 8 heteroatoms. The van der Waals surface area contributed by atoms with Crippen LogP contribution in [0.15, 0.2) is 45.7 Å². The summed E-state index contributed by atoms with van der Waals surface area (Å²) in [7, 11) is 0.349. The molecule has 0 saturated carbocycles. The van der Waals surface area contributed by atoms with E-state index < -0.39 is 10.8 Å². The first-order valence-electron chi connectivity index (χ1n) is 12.5. The molecule has 0 aliphatic carbocycles. The molecule has 1 aromatic heterocycles. The smallest absolute Gasteiger partial charge is 0.286 e. The summed E-state index contributed by atoms with van der Waals surface area (Å²) < 4.78 is 23.4.